The average molecular weight is 466 g/mol. The Bertz CT molecular complexity index is 679. The van der Waals surface area contributed by atoms with Crippen LogP contribution in [0.3, 0.4) is 0 Å². The Kier molecular flexibility index (Phi) is 6.98. The first-order valence-electron chi connectivity index (χ1n) is 6.50. The van der Waals surface area contributed by atoms with Gasteiger partial charge in [0.2, 0.25) is 19.7 Å². The summed E-state index contributed by atoms with van der Waals surface area (Å²) in [6, 6.07) is 0. The molecular weight excluding hydrogens is 454 g/mol. The summed E-state index contributed by atoms with van der Waals surface area (Å²) in [6.07, 6.45) is -18.8. The van der Waals surface area contributed by atoms with Crippen molar-refractivity contribution in [1.29, 1.82) is 0 Å². The van der Waals surface area contributed by atoms with Crippen molar-refractivity contribution >= 4 is 19.7 Å². The van der Waals surface area contributed by atoms with Gasteiger partial charge in [0.25, 0.3) is 0 Å². The van der Waals surface area contributed by atoms with Crippen LogP contribution in [0.25, 0.3) is 0 Å². The van der Waals surface area contributed by atoms with Crippen LogP contribution in [0.1, 0.15) is 20.3 Å². The molecule has 0 radical (unpaired) electrons. The molecule has 1 unspecified atom stereocenters. The fourth-order valence-electron chi connectivity index (χ4n) is 1.54. The van der Waals surface area contributed by atoms with Crippen molar-refractivity contribution < 1.29 is 65.8 Å². The molecule has 0 aromatic rings. The van der Waals surface area contributed by atoms with E-state index in [4.69, 9.17) is 0 Å². The van der Waals surface area contributed by atoms with E-state index in [0.29, 0.717) is 0 Å². The van der Waals surface area contributed by atoms with E-state index in [-0.39, 0.29) is 0 Å². The van der Waals surface area contributed by atoms with E-state index in [1.54, 1.807) is 0 Å². The highest BCUT2D eigenvalue weighted by Crippen LogP contribution is 2.48. The lowest BCUT2D eigenvalue weighted by Crippen LogP contribution is -2.57. The van der Waals surface area contributed by atoms with Gasteiger partial charge in [0, 0.05) is 6.42 Å². The second-order valence-electron chi connectivity index (χ2n) is 5.60. The Morgan fingerprint density at radius 3 is 1.15 bits per heavy atom. The number of aliphatic hydroxyl groups excluding tert-OH is 1. The molecule has 0 aromatic heterocycles. The quantitative estimate of drug-likeness (QED) is 0.583. The Labute approximate surface area is 146 Å². The fraction of sp³-hybridized carbons (Fsp3) is 1.00. The molecule has 27 heavy (non-hydrogen) atoms. The molecule has 1 atom stereocenters. The molecule has 164 valence electrons. The smallest absolute Gasteiger partial charge is 0.393 e. The van der Waals surface area contributed by atoms with Crippen molar-refractivity contribution in [3.8, 4) is 0 Å². The van der Waals surface area contributed by atoms with Gasteiger partial charge in [0.1, 0.15) is 0 Å². The molecule has 5 nitrogen and oxygen atoms in total. The molecule has 0 rings (SSSR count). The first kappa shape index (κ1) is 26.2. The van der Waals surface area contributed by atoms with Gasteiger partial charge in [-0.1, -0.05) is 13.8 Å². The van der Waals surface area contributed by atoms with Crippen molar-refractivity contribution in [3.63, 3.8) is 0 Å². The van der Waals surface area contributed by atoms with E-state index >= 15 is 0 Å². The molecule has 1 N–H and O–H groups in total. The van der Waals surface area contributed by atoms with Crippen molar-refractivity contribution in [2.24, 2.45) is 5.92 Å². The first-order valence-corrected chi connectivity index (χ1v) is 9.59. The lowest BCUT2D eigenvalue weighted by Gasteiger charge is -2.30. The van der Waals surface area contributed by atoms with Crippen molar-refractivity contribution in [2.45, 2.75) is 53.8 Å². The number of aliphatic hydroxyl groups is 1. The summed E-state index contributed by atoms with van der Waals surface area (Å²) in [6.45, 7) is 1.87. The molecule has 0 heterocycles. The van der Waals surface area contributed by atoms with Crippen LogP contribution in [0.2, 0.25) is 0 Å². The molecule has 0 amide bonds. The number of alkyl halides is 10. The maximum absolute atomic E-state index is 13.2. The predicted molar refractivity (Wildman–Crippen MR) is 69.1 cm³/mol. The second-order valence-corrected chi connectivity index (χ2v) is 10.2. The van der Waals surface area contributed by atoms with Crippen LogP contribution < -0.4 is 0 Å². The fourth-order valence-corrected chi connectivity index (χ4v) is 5.81. The lowest BCUT2D eigenvalue weighted by atomic mass is 10.1. The van der Waals surface area contributed by atoms with E-state index in [1.165, 1.54) is 0 Å². The maximum Gasteiger partial charge on any atom is 0.469 e. The monoisotopic (exact) mass is 466 g/mol. The van der Waals surface area contributed by atoms with Gasteiger partial charge in [-0.15, -0.1) is 0 Å². The zero-order valence-electron chi connectivity index (χ0n) is 13.1. The predicted octanol–water partition coefficient (Wildman–Crippen LogP) is 2.86. The van der Waals surface area contributed by atoms with Gasteiger partial charge in [-0.3, -0.25) is 0 Å². The van der Waals surface area contributed by atoms with Gasteiger partial charge < -0.3 is 5.11 Å². The zero-order valence-corrected chi connectivity index (χ0v) is 14.7. The Morgan fingerprint density at radius 2 is 0.963 bits per heavy atom. The number of rotatable bonds is 7. The summed E-state index contributed by atoms with van der Waals surface area (Å²) >= 11 is 0. The van der Waals surface area contributed by atoms with Crippen LogP contribution in [0.4, 0.5) is 43.9 Å². The van der Waals surface area contributed by atoms with Gasteiger partial charge in [-0.05, 0) is 5.92 Å². The third kappa shape index (κ3) is 4.44. The normalized spacial score (nSPS) is 16.9. The van der Waals surface area contributed by atoms with Crippen LogP contribution in [0, 0.1) is 5.92 Å². The minimum absolute atomic E-state index is 0.935. The van der Waals surface area contributed by atoms with Gasteiger partial charge in [-0.2, -0.15) is 43.9 Å². The van der Waals surface area contributed by atoms with E-state index in [1.807, 2.05) is 0 Å². The number of hydrogen-bond acceptors (Lipinski definition) is 5. The van der Waals surface area contributed by atoms with Crippen LogP contribution >= 0.6 is 0 Å². The van der Waals surface area contributed by atoms with Crippen LogP contribution in [0.15, 0.2) is 0 Å². The molecule has 0 aliphatic carbocycles. The third-order valence-electron chi connectivity index (χ3n) is 3.27. The molecule has 0 fully saturated rings. The Balaban J connectivity index is 6.81. The molecule has 0 aliphatic heterocycles. The summed E-state index contributed by atoms with van der Waals surface area (Å²) in [5.74, 6) is -1.29. The van der Waals surface area contributed by atoms with Gasteiger partial charge in [-0.25, -0.2) is 16.8 Å². The first-order chi connectivity index (χ1) is 11.5. The molecule has 0 bridgehead atoms. The standard InChI is InChI=1S/C10H12F10O5S2/c1-4(2)5(21)3-6(26(22,23)9(17,18)7(11,12)13)27(24,25)10(19,20)8(14,15)16/h4-6,21H,3H2,1-2H3. The van der Waals surface area contributed by atoms with Crippen LogP contribution in [-0.4, -0.2) is 55.5 Å². The number of sulfone groups is 2. The third-order valence-corrected chi connectivity index (χ3v) is 8.45. The molecule has 0 aromatic carbocycles. The molecule has 0 saturated heterocycles. The van der Waals surface area contributed by atoms with E-state index < -0.39 is 65.6 Å². The highest BCUT2D eigenvalue weighted by atomic mass is 32.3. The molecule has 0 saturated carbocycles. The molecule has 0 spiro atoms. The lowest BCUT2D eigenvalue weighted by molar-refractivity contribution is -0.242. The molecular formula is C10H12F10O5S2. The molecule has 0 aliphatic rings. The summed E-state index contributed by atoms with van der Waals surface area (Å²) in [4.78, 5) is 0. The summed E-state index contributed by atoms with van der Waals surface area (Å²) in [5, 5.41) is -4.60. The summed E-state index contributed by atoms with van der Waals surface area (Å²) in [7, 11) is -15.1. The minimum Gasteiger partial charge on any atom is -0.393 e. The summed E-state index contributed by atoms with van der Waals surface area (Å²) < 4.78 is 168. The second kappa shape index (κ2) is 7.20. The van der Waals surface area contributed by atoms with E-state index in [0.717, 1.165) is 13.8 Å². The highest BCUT2D eigenvalue weighted by Gasteiger charge is 2.76. The maximum atomic E-state index is 13.2. The van der Waals surface area contributed by atoms with Gasteiger partial charge in [0.15, 0.2) is 4.58 Å². The largest absolute Gasteiger partial charge is 0.469 e. The van der Waals surface area contributed by atoms with Gasteiger partial charge >= 0.3 is 22.9 Å². The Hall–Kier alpha value is -0.840. The molecule has 17 heteroatoms. The Morgan fingerprint density at radius 1 is 0.704 bits per heavy atom. The van der Waals surface area contributed by atoms with Crippen molar-refractivity contribution in [1.82, 2.24) is 0 Å². The van der Waals surface area contributed by atoms with Crippen molar-refractivity contribution in [2.75, 3.05) is 0 Å². The van der Waals surface area contributed by atoms with Crippen LogP contribution in [0.5, 0.6) is 0 Å². The van der Waals surface area contributed by atoms with Crippen LogP contribution in [-0.2, 0) is 19.7 Å². The SMILES string of the molecule is CC(C)C(O)CC(S(=O)(=O)C(F)(F)C(F)(F)F)S(=O)(=O)C(F)(F)C(F)(F)F. The minimum atomic E-state index is -7.57. The topological polar surface area (TPSA) is 88.5 Å². The number of halogens is 10. The zero-order chi connectivity index (χ0) is 22.4. The van der Waals surface area contributed by atoms with E-state index in [9.17, 15) is 65.8 Å². The summed E-state index contributed by atoms with van der Waals surface area (Å²) in [5.41, 5.74) is 0. The highest BCUT2D eigenvalue weighted by molar-refractivity contribution is 8.10. The average Bonchev–Trinajstić information content (AvgIpc) is 2.40. The van der Waals surface area contributed by atoms with E-state index in [2.05, 4.69) is 0 Å². The van der Waals surface area contributed by atoms with Gasteiger partial charge in [0.05, 0.1) is 6.10 Å². The number of hydrogen-bond donors (Lipinski definition) is 1. The van der Waals surface area contributed by atoms with Crippen molar-refractivity contribution in [3.05, 3.63) is 0 Å².